The molecule has 0 saturated carbocycles. The van der Waals surface area contributed by atoms with Crippen LogP contribution in [0.15, 0.2) is 24.3 Å². The molecule has 2 saturated heterocycles. The van der Waals surface area contributed by atoms with Crippen LogP contribution in [-0.2, 0) is 0 Å². The third-order valence-corrected chi connectivity index (χ3v) is 3.42. The summed E-state index contributed by atoms with van der Waals surface area (Å²) in [5.74, 6) is 0. The van der Waals surface area contributed by atoms with E-state index in [-0.39, 0.29) is 0 Å². The molecule has 1 N–H and O–H groups in total. The monoisotopic (exact) mass is 188 g/mol. The van der Waals surface area contributed by atoms with Crippen molar-refractivity contribution in [2.75, 3.05) is 18.0 Å². The molecule has 0 aromatic heterocycles. The molecule has 0 aliphatic carbocycles. The SMILES string of the molecule is Cc1ccc(N2C[C@H]3CC2CN3)cc1. The van der Waals surface area contributed by atoms with E-state index in [1.165, 1.54) is 30.8 Å². The number of hydrogen-bond acceptors (Lipinski definition) is 2. The van der Waals surface area contributed by atoms with Crippen LogP contribution in [0.2, 0.25) is 0 Å². The summed E-state index contributed by atoms with van der Waals surface area (Å²) in [5, 5.41) is 3.53. The molecule has 2 heteroatoms. The molecule has 2 bridgehead atoms. The van der Waals surface area contributed by atoms with E-state index in [0.29, 0.717) is 0 Å². The highest BCUT2D eigenvalue weighted by atomic mass is 15.3. The zero-order valence-electron chi connectivity index (χ0n) is 8.53. The fourth-order valence-electron chi connectivity index (χ4n) is 2.61. The van der Waals surface area contributed by atoms with Crippen LogP contribution in [0.1, 0.15) is 12.0 Å². The van der Waals surface area contributed by atoms with Gasteiger partial charge in [0.1, 0.15) is 0 Å². The van der Waals surface area contributed by atoms with Gasteiger partial charge < -0.3 is 10.2 Å². The zero-order chi connectivity index (χ0) is 9.54. The molecule has 2 fully saturated rings. The maximum atomic E-state index is 3.53. The Kier molecular flexibility index (Phi) is 1.77. The Morgan fingerprint density at radius 1 is 1.29 bits per heavy atom. The number of nitrogens with zero attached hydrogens (tertiary/aromatic N) is 1. The van der Waals surface area contributed by atoms with Gasteiger partial charge in [-0.15, -0.1) is 0 Å². The van der Waals surface area contributed by atoms with E-state index in [1.807, 2.05) is 0 Å². The first-order chi connectivity index (χ1) is 6.83. The van der Waals surface area contributed by atoms with Crippen LogP contribution in [0.3, 0.4) is 0 Å². The van der Waals surface area contributed by atoms with Gasteiger partial charge in [-0.25, -0.2) is 0 Å². The number of hydrogen-bond donors (Lipinski definition) is 1. The normalized spacial score (nSPS) is 29.9. The Balaban J connectivity index is 1.86. The molecule has 2 heterocycles. The van der Waals surface area contributed by atoms with E-state index in [4.69, 9.17) is 0 Å². The van der Waals surface area contributed by atoms with E-state index < -0.39 is 0 Å². The Hall–Kier alpha value is -1.02. The van der Waals surface area contributed by atoms with Gasteiger partial charge in [-0.2, -0.15) is 0 Å². The molecule has 2 atom stereocenters. The average Bonchev–Trinajstić information content (AvgIpc) is 2.80. The zero-order valence-corrected chi connectivity index (χ0v) is 8.53. The smallest absolute Gasteiger partial charge is 0.0430 e. The molecule has 14 heavy (non-hydrogen) atoms. The fourth-order valence-corrected chi connectivity index (χ4v) is 2.61. The molecule has 0 radical (unpaired) electrons. The highest BCUT2D eigenvalue weighted by molar-refractivity contribution is 5.50. The number of fused-ring (bicyclic) bond motifs is 2. The first kappa shape index (κ1) is 8.30. The van der Waals surface area contributed by atoms with Crippen molar-refractivity contribution in [2.24, 2.45) is 0 Å². The quantitative estimate of drug-likeness (QED) is 0.719. The van der Waals surface area contributed by atoms with Crippen LogP contribution >= 0.6 is 0 Å². The minimum Gasteiger partial charge on any atom is -0.366 e. The predicted molar refractivity (Wildman–Crippen MR) is 58.7 cm³/mol. The van der Waals surface area contributed by atoms with Gasteiger partial charge in [-0.3, -0.25) is 0 Å². The van der Waals surface area contributed by atoms with Gasteiger partial charge in [0.25, 0.3) is 0 Å². The Morgan fingerprint density at radius 3 is 2.64 bits per heavy atom. The van der Waals surface area contributed by atoms with Crippen molar-refractivity contribution in [3.05, 3.63) is 29.8 Å². The molecule has 1 aromatic carbocycles. The molecular weight excluding hydrogens is 172 g/mol. The van der Waals surface area contributed by atoms with Crippen LogP contribution in [0.4, 0.5) is 5.69 Å². The maximum absolute atomic E-state index is 3.53. The second-order valence-electron chi connectivity index (χ2n) is 4.48. The van der Waals surface area contributed by atoms with Crippen molar-refractivity contribution < 1.29 is 0 Å². The van der Waals surface area contributed by atoms with Gasteiger partial charge in [0.15, 0.2) is 0 Å². The summed E-state index contributed by atoms with van der Waals surface area (Å²) in [7, 11) is 0. The second-order valence-corrected chi connectivity index (χ2v) is 4.48. The van der Waals surface area contributed by atoms with Gasteiger partial charge in [0.2, 0.25) is 0 Å². The standard InChI is InChI=1S/C12H16N2/c1-9-2-4-11(5-3-9)14-8-10-6-12(14)7-13-10/h2-5,10,12-13H,6-8H2,1H3/t10-,12?/m1/s1. The molecule has 0 spiro atoms. The number of piperazine rings is 1. The van der Waals surface area contributed by atoms with Crippen LogP contribution < -0.4 is 10.2 Å². The number of rotatable bonds is 1. The van der Waals surface area contributed by atoms with Gasteiger partial charge in [-0.05, 0) is 25.5 Å². The van der Waals surface area contributed by atoms with Gasteiger partial charge in [-0.1, -0.05) is 17.7 Å². The van der Waals surface area contributed by atoms with Crippen LogP contribution in [0.25, 0.3) is 0 Å². The summed E-state index contributed by atoms with van der Waals surface area (Å²) in [6.45, 7) is 4.49. The van der Waals surface area contributed by atoms with Crippen molar-refractivity contribution in [1.29, 1.82) is 0 Å². The Morgan fingerprint density at radius 2 is 2.07 bits per heavy atom. The minimum atomic E-state index is 0.737. The minimum absolute atomic E-state index is 0.737. The van der Waals surface area contributed by atoms with Crippen molar-refractivity contribution in [3.8, 4) is 0 Å². The maximum Gasteiger partial charge on any atom is 0.0430 e. The summed E-state index contributed by atoms with van der Waals surface area (Å²) in [5.41, 5.74) is 2.74. The lowest BCUT2D eigenvalue weighted by Crippen LogP contribution is -2.43. The molecule has 2 aliphatic heterocycles. The molecule has 0 amide bonds. The van der Waals surface area contributed by atoms with Crippen molar-refractivity contribution in [2.45, 2.75) is 25.4 Å². The highest BCUT2D eigenvalue weighted by Crippen LogP contribution is 2.29. The summed E-state index contributed by atoms with van der Waals surface area (Å²) in [6, 6.07) is 10.4. The Labute approximate surface area is 84.9 Å². The predicted octanol–water partition coefficient (Wildman–Crippen LogP) is 1.55. The van der Waals surface area contributed by atoms with Crippen LogP contribution in [-0.4, -0.2) is 25.2 Å². The molecule has 3 rings (SSSR count). The summed E-state index contributed by atoms with van der Waals surface area (Å²) < 4.78 is 0. The molecule has 74 valence electrons. The van der Waals surface area contributed by atoms with E-state index in [1.54, 1.807) is 0 Å². The van der Waals surface area contributed by atoms with Gasteiger partial charge in [0, 0.05) is 30.9 Å². The molecule has 2 aliphatic rings. The largest absolute Gasteiger partial charge is 0.366 e. The average molecular weight is 188 g/mol. The third-order valence-electron chi connectivity index (χ3n) is 3.42. The van der Waals surface area contributed by atoms with Crippen LogP contribution in [0.5, 0.6) is 0 Å². The Bertz CT molecular complexity index is 331. The topological polar surface area (TPSA) is 15.3 Å². The molecule has 1 unspecified atom stereocenters. The fraction of sp³-hybridized carbons (Fsp3) is 0.500. The number of benzene rings is 1. The lowest BCUT2D eigenvalue weighted by Gasteiger charge is -2.29. The lowest BCUT2D eigenvalue weighted by molar-refractivity contribution is 0.580. The molecule has 1 aromatic rings. The number of aryl methyl sites for hydroxylation is 1. The third kappa shape index (κ3) is 1.22. The highest BCUT2D eigenvalue weighted by Gasteiger charge is 2.37. The van der Waals surface area contributed by atoms with E-state index in [2.05, 4.69) is 41.4 Å². The summed E-state index contributed by atoms with van der Waals surface area (Å²) in [4.78, 5) is 2.54. The summed E-state index contributed by atoms with van der Waals surface area (Å²) >= 11 is 0. The van der Waals surface area contributed by atoms with Crippen molar-refractivity contribution in [1.82, 2.24) is 5.32 Å². The van der Waals surface area contributed by atoms with Crippen molar-refractivity contribution >= 4 is 5.69 Å². The van der Waals surface area contributed by atoms with Gasteiger partial charge >= 0.3 is 0 Å². The van der Waals surface area contributed by atoms with E-state index >= 15 is 0 Å². The lowest BCUT2D eigenvalue weighted by atomic mass is 10.2. The first-order valence-corrected chi connectivity index (χ1v) is 5.39. The van der Waals surface area contributed by atoms with E-state index in [9.17, 15) is 0 Å². The number of nitrogens with one attached hydrogen (secondary N) is 1. The second kappa shape index (κ2) is 2.99. The van der Waals surface area contributed by atoms with E-state index in [0.717, 1.165) is 12.1 Å². The van der Waals surface area contributed by atoms with Crippen LogP contribution in [0, 0.1) is 6.92 Å². The summed E-state index contributed by atoms with van der Waals surface area (Å²) in [6.07, 6.45) is 1.33. The molecular formula is C12H16N2. The first-order valence-electron chi connectivity index (χ1n) is 5.39. The number of anilines is 1. The van der Waals surface area contributed by atoms with Crippen molar-refractivity contribution in [3.63, 3.8) is 0 Å². The molecule has 2 nitrogen and oxygen atoms in total. The van der Waals surface area contributed by atoms with Gasteiger partial charge in [0.05, 0.1) is 0 Å².